The van der Waals surface area contributed by atoms with Crippen molar-refractivity contribution in [2.24, 2.45) is 0 Å². The number of nitrogen functional groups attached to an aromatic ring is 1. The summed E-state index contributed by atoms with van der Waals surface area (Å²) in [6.45, 7) is 0. The van der Waals surface area contributed by atoms with Gasteiger partial charge in [-0.2, -0.15) is 0 Å². The van der Waals surface area contributed by atoms with Gasteiger partial charge in [0, 0.05) is 11.2 Å². The second-order valence-corrected chi connectivity index (χ2v) is 5.64. The number of hydrogen-bond acceptors (Lipinski definition) is 4. The summed E-state index contributed by atoms with van der Waals surface area (Å²) in [6.07, 6.45) is 2.83. The molecule has 2 rings (SSSR count). The van der Waals surface area contributed by atoms with Gasteiger partial charge in [0.2, 0.25) is 0 Å². The van der Waals surface area contributed by atoms with Crippen molar-refractivity contribution in [1.82, 2.24) is 4.98 Å². The van der Waals surface area contributed by atoms with Gasteiger partial charge in [-0.3, -0.25) is 9.71 Å². The molecule has 0 atom stereocenters. The van der Waals surface area contributed by atoms with Crippen molar-refractivity contribution in [3.8, 4) is 0 Å². The number of nitrogens with one attached hydrogen (secondary N) is 1. The zero-order chi connectivity index (χ0) is 13.2. The Morgan fingerprint density at radius 1 is 1.17 bits per heavy atom. The lowest BCUT2D eigenvalue weighted by atomic mass is 10.4. The van der Waals surface area contributed by atoms with Crippen LogP contribution in [0.5, 0.6) is 0 Å². The van der Waals surface area contributed by atoms with Gasteiger partial charge in [-0.05, 0) is 30.3 Å². The Hall–Kier alpha value is -1.79. The van der Waals surface area contributed by atoms with Gasteiger partial charge >= 0.3 is 0 Å². The highest BCUT2D eigenvalue weighted by atomic mass is 35.5. The highest BCUT2D eigenvalue weighted by Crippen LogP contribution is 2.21. The van der Waals surface area contributed by atoms with Crippen LogP contribution in [0.4, 0.5) is 11.4 Å². The van der Waals surface area contributed by atoms with Gasteiger partial charge < -0.3 is 5.73 Å². The molecule has 0 unspecified atom stereocenters. The van der Waals surface area contributed by atoms with Crippen molar-refractivity contribution in [2.45, 2.75) is 4.90 Å². The minimum Gasteiger partial charge on any atom is -0.396 e. The third-order valence-electron chi connectivity index (χ3n) is 2.22. The molecule has 5 nitrogen and oxygen atoms in total. The van der Waals surface area contributed by atoms with Crippen LogP contribution in [0.1, 0.15) is 0 Å². The normalized spacial score (nSPS) is 11.2. The van der Waals surface area contributed by atoms with E-state index in [2.05, 4.69) is 9.71 Å². The largest absolute Gasteiger partial charge is 0.396 e. The maximum atomic E-state index is 12.0. The molecule has 0 fully saturated rings. The highest BCUT2D eigenvalue weighted by Gasteiger charge is 2.15. The summed E-state index contributed by atoms with van der Waals surface area (Å²) in [5, 5.41) is 0.470. The lowest BCUT2D eigenvalue weighted by Crippen LogP contribution is -2.14. The number of nitrogens with zero attached hydrogens (tertiary/aromatic N) is 1. The monoisotopic (exact) mass is 283 g/mol. The third kappa shape index (κ3) is 2.72. The van der Waals surface area contributed by atoms with Crippen molar-refractivity contribution < 1.29 is 8.42 Å². The fourth-order valence-corrected chi connectivity index (χ4v) is 2.53. The molecule has 0 spiro atoms. The first-order chi connectivity index (χ1) is 8.49. The molecule has 3 N–H and O–H groups in total. The van der Waals surface area contributed by atoms with Crippen LogP contribution in [-0.4, -0.2) is 13.4 Å². The smallest absolute Gasteiger partial charge is 0.261 e. The minimum atomic E-state index is -3.67. The fourth-order valence-electron chi connectivity index (χ4n) is 1.32. The van der Waals surface area contributed by atoms with Crippen LogP contribution < -0.4 is 10.5 Å². The number of aromatic nitrogens is 1. The summed E-state index contributed by atoms with van der Waals surface area (Å²) in [7, 11) is -3.67. The van der Waals surface area contributed by atoms with E-state index in [0.29, 0.717) is 10.7 Å². The number of rotatable bonds is 3. The molecule has 94 valence electrons. The van der Waals surface area contributed by atoms with Crippen LogP contribution in [0.25, 0.3) is 0 Å². The van der Waals surface area contributed by atoms with Crippen molar-refractivity contribution in [1.29, 1.82) is 0 Å². The SMILES string of the molecule is Nc1cnccc1NS(=O)(=O)c1ccc(Cl)cc1. The zero-order valence-electron chi connectivity index (χ0n) is 9.17. The number of sulfonamides is 1. The van der Waals surface area contributed by atoms with Crippen LogP contribution in [0.15, 0.2) is 47.6 Å². The van der Waals surface area contributed by atoms with E-state index in [4.69, 9.17) is 17.3 Å². The van der Waals surface area contributed by atoms with E-state index >= 15 is 0 Å². The summed E-state index contributed by atoms with van der Waals surface area (Å²) in [6, 6.07) is 7.34. The molecular weight excluding hydrogens is 274 g/mol. The number of hydrogen-bond donors (Lipinski definition) is 2. The number of benzene rings is 1. The van der Waals surface area contributed by atoms with E-state index in [1.807, 2.05) is 0 Å². The van der Waals surface area contributed by atoms with E-state index in [9.17, 15) is 8.42 Å². The molecule has 0 saturated heterocycles. The second kappa shape index (κ2) is 4.83. The van der Waals surface area contributed by atoms with E-state index < -0.39 is 10.0 Å². The Bertz CT molecular complexity index is 656. The molecule has 0 aliphatic carbocycles. The zero-order valence-corrected chi connectivity index (χ0v) is 10.7. The van der Waals surface area contributed by atoms with Crippen LogP contribution in [0, 0.1) is 0 Å². The van der Waals surface area contributed by atoms with Gasteiger partial charge in [0.25, 0.3) is 10.0 Å². The molecular formula is C11H10ClN3O2S. The summed E-state index contributed by atoms with van der Waals surface area (Å²) in [4.78, 5) is 3.90. The average Bonchev–Trinajstić information content (AvgIpc) is 2.32. The molecule has 0 bridgehead atoms. The molecule has 18 heavy (non-hydrogen) atoms. The van der Waals surface area contributed by atoms with Crippen LogP contribution in [0.2, 0.25) is 5.02 Å². The average molecular weight is 284 g/mol. The molecule has 2 aromatic rings. The van der Waals surface area contributed by atoms with Crippen molar-refractivity contribution in [3.05, 3.63) is 47.7 Å². The quantitative estimate of drug-likeness (QED) is 0.903. The van der Waals surface area contributed by atoms with Crippen LogP contribution in [-0.2, 0) is 10.0 Å². The Balaban J connectivity index is 2.33. The fraction of sp³-hybridized carbons (Fsp3) is 0. The summed E-state index contributed by atoms with van der Waals surface area (Å²) < 4.78 is 26.5. The molecule has 0 amide bonds. The first-order valence-electron chi connectivity index (χ1n) is 4.97. The number of nitrogens with two attached hydrogens (primary N) is 1. The molecule has 0 radical (unpaired) electrons. The van der Waals surface area contributed by atoms with Crippen LogP contribution in [0.3, 0.4) is 0 Å². The first-order valence-corrected chi connectivity index (χ1v) is 6.83. The van der Waals surface area contributed by atoms with Gasteiger partial charge in [0.1, 0.15) is 0 Å². The van der Waals surface area contributed by atoms with Gasteiger partial charge in [0.15, 0.2) is 0 Å². The van der Waals surface area contributed by atoms with E-state index in [1.54, 1.807) is 0 Å². The van der Waals surface area contributed by atoms with Gasteiger partial charge in [0.05, 0.1) is 22.5 Å². The molecule has 0 saturated carbocycles. The number of anilines is 2. The van der Waals surface area contributed by atoms with Gasteiger partial charge in [-0.1, -0.05) is 11.6 Å². The summed E-state index contributed by atoms with van der Waals surface area (Å²) in [5.41, 5.74) is 6.17. The van der Waals surface area contributed by atoms with Crippen molar-refractivity contribution >= 4 is 33.0 Å². The third-order valence-corrected chi connectivity index (χ3v) is 3.85. The number of pyridine rings is 1. The lowest BCUT2D eigenvalue weighted by Gasteiger charge is -2.09. The molecule has 0 aliphatic rings. The lowest BCUT2D eigenvalue weighted by molar-refractivity contribution is 0.601. The van der Waals surface area contributed by atoms with Crippen LogP contribution >= 0.6 is 11.6 Å². The summed E-state index contributed by atoms with van der Waals surface area (Å²) in [5.74, 6) is 0. The minimum absolute atomic E-state index is 0.114. The molecule has 1 heterocycles. The molecule has 1 aromatic carbocycles. The number of halogens is 1. The van der Waals surface area contributed by atoms with Gasteiger partial charge in [-0.15, -0.1) is 0 Å². The maximum Gasteiger partial charge on any atom is 0.261 e. The Labute approximate surface area is 110 Å². The highest BCUT2D eigenvalue weighted by molar-refractivity contribution is 7.92. The molecule has 0 aliphatic heterocycles. The van der Waals surface area contributed by atoms with Gasteiger partial charge in [-0.25, -0.2) is 8.42 Å². The Morgan fingerprint density at radius 2 is 1.83 bits per heavy atom. The summed E-state index contributed by atoms with van der Waals surface area (Å²) >= 11 is 5.70. The van der Waals surface area contributed by atoms with E-state index in [-0.39, 0.29) is 10.6 Å². The second-order valence-electron chi connectivity index (χ2n) is 3.52. The topological polar surface area (TPSA) is 85.1 Å². The Kier molecular flexibility index (Phi) is 3.40. The Morgan fingerprint density at radius 3 is 2.44 bits per heavy atom. The maximum absolute atomic E-state index is 12.0. The molecule has 7 heteroatoms. The van der Waals surface area contributed by atoms with Crippen molar-refractivity contribution in [2.75, 3.05) is 10.5 Å². The van der Waals surface area contributed by atoms with Crippen molar-refractivity contribution in [3.63, 3.8) is 0 Å². The predicted molar refractivity (Wildman–Crippen MR) is 70.9 cm³/mol. The first kappa shape index (κ1) is 12.7. The molecule has 1 aromatic heterocycles. The standard InChI is InChI=1S/C11H10ClN3O2S/c12-8-1-3-9(4-2-8)18(16,17)15-11-5-6-14-7-10(11)13/h1-7H,13H2,(H,14,15). The predicted octanol–water partition coefficient (Wildman–Crippen LogP) is 2.12. The van der Waals surface area contributed by atoms with E-state index in [0.717, 1.165) is 0 Å². The van der Waals surface area contributed by atoms with E-state index in [1.165, 1.54) is 42.7 Å².